The van der Waals surface area contributed by atoms with E-state index in [9.17, 15) is 20.1 Å². The van der Waals surface area contributed by atoms with E-state index in [4.69, 9.17) is 33.3 Å². The zero-order valence-electron chi connectivity index (χ0n) is 19.1. The van der Waals surface area contributed by atoms with Gasteiger partial charge in [0.2, 0.25) is 5.91 Å². The molecule has 1 aliphatic rings. The zero-order chi connectivity index (χ0) is 24.8. The van der Waals surface area contributed by atoms with E-state index in [1.807, 2.05) is 10.6 Å². The first kappa shape index (κ1) is 26.6. The molecule has 0 unspecified atom stereocenters. The maximum atomic E-state index is 11.8. The van der Waals surface area contributed by atoms with Crippen molar-refractivity contribution in [2.45, 2.75) is 76.8 Å². The molecule has 12 heteroatoms. The lowest BCUT2D eigenvalue weighted by Crippen LogP contribution is -2.62. The van der Waals surface area contributed by atoms with Gasteiger partial charge in [-0.1, -0.05) is 43.5 Å². The number of carbonyl (C=O) groups excluding carboxylic acids is 1. The number of rotatable bonds is 10. The molecule has 0 saturated carbocycles. The van der Waals surface area contributed by atoms with E-state index in [0.29, 0.717) is 27.9 Å². The Morgan fingerprint density at radius 1 is 1.29 bits per heavy atom. The summed E-state index contributed by atoms with van der Waals surface area (Å²) in [4.78, 5) is 11.8. The molecule has 2 heterocycles. The molecular weight excluding hydrogens is 484 g/mol. The third-order valence-corrected chi connectivity index (χ3v) is 6.37. The molecule has 4 N–H and O–H groups in total. The SMILES string of the molecule is CCCCCn1c(COc2ccccc2Cl)nn([C@@H]2O[C@H](CO)[C@@H](O)[C@H](O)[C@H]2NC(C)=O)c1=S. The minimum atomic E-state index is -1.41. The van der Waals surface area contributed by atoms with Crippen LogP contribution in [0, 0.1) is 4.77 Å². The topological polar surface area (TPSA) is 131 Å². The van der Waals surface area contributed by atoms with Crippen LogP contribution in [0.3, 0.4) is 0 Å². The summed E-state index contributed by atoms with van der Waals surface area (Å²) in [7, 11) is 0. The molecule has 34 heavy (non-hydrogen) atoms. The van der Waals surface area contributed by atoms with Crippen LogP contribution in [0.15, 0.2) is 24.3 Å². The Balaban J connectivity index is 1.97. The van der Waals surface area contributed by atoms with Crippen molar-refractivity contribution in [3.05, 3.63) is 39.9 Å². The summed E-state index contributed by atoms with van der Waals surface area (Å²) in [5.41, 5.74) is 0. The highest BCUT2D eigenvalue weighted by atomic mass is 35.5. The average molecular weight is 515 g/mol. The molecule has 1 fully saturated rings. The van der Waals surface area contributed by atoms with E-state index in [0.717, 1.165) is 19.3 Å². The molecule has 0 spiro atoms. The molecule has 10 nitrogen and oxygen atoms in total. The summed E-state index contributed by atoms with van der Waals surface area (Å²) in [6.07, 6.45) is -2.08. The monoisotopic (exact) mass is 514 g/mol. The first-order valence-electron chi connectivity index (χ1n) is 11.2. The van der Waals surface area contributed by atoms with Gasteiger partial charge in [0, 0.05) is 13.5 Å². The maximum absolute atomic E-state index is 11.8. The maximum Gasteiger partial charge on any atom is 0.217 e. The molecule has 188 valence electrons. The minimum absolute atomic E-state index is 0.0681. The van der Waals surface area contributed by atoms with Gasteiger partial charge in [-0.2, -0.15) is 5.10 Å². The smallest absolute Gasteiger partial charge is 0.217 e. The lowest BCUT2D eigenvalue weighted by atomic mass is 9.96. The number of aliphatic hydroxyl groups is 3. The number of benzene rings is 1. The lowest BCUT2D eigenvalue weighted by Gasteiger charge is -2.42. The van der Waals surface area contributed by atoms with Gasteiger partial charge >= 0.3 is 0 Å². The summed E-state index contributed by atoms with van der Waals surface area (Å²) >= 11 is 11.9. The van der Waals surface area contributed by atoms with E-state index in [2.05, 4.69) is 17.3 Å². The normalized spacial score (nSPS) is 24.7. The number of aliphatic hydroxyl groups excluding tert-OH is 3. The van der Waals surface area contributed by atoms with Gasteiger partial charge in [0.1, 0.15) is 36.7 Å². The van der Waals surface area contributed by atoms with Crippen molar-refractivity contribution in [1.29, 1.82) is 0 Å². The minimum Gasteiger partial charge on any atom is -0.484 e. The van der Waals surface area contributed by atoms with Gasteiger partial charge in [-0.3, -0.25) is 4.79 Å². The predicted octanol–water partition coefficient (Wildman–Crippen LogP) is 1.95. The number of hydrogen-bond acceptors (Lipinski definition) is 8. The summed E-state index contributed by atoms with van der Waals surface area (Å²) in [5, 5.41) is 38.3. The Morgan fingerprint density at radius 2 is 2.03 bits per heavy atom. The van der Waals surface area contributed by atoms with Crippen molar-refractivity contribution in [2.75, 3.05) is 6.61 Å². The number of carbonyl (C=O) groups is 1. The second kappa shape index (κ2) is 12.1. The number of unbranched alkanes of at least 4 members (excludes halogenated alkanes) is 2. The summed E-state index contributed by atoms with van der Waals surface area (Å²) in [5.74, 6) is 0.574. The van der Waals surface area contributed by atoms with E-state index in [1.165, 1.54) is 11.6 Å². The number of ether oxygens (including phenoxy) is 2. The third-order valence-electron chi connectivity index (χ3n) is 5.65. The van der Waals surface area contributed by atoms with Crippen molar-refractivity contribution in [3.8, 4) is 5.75 Å². The van der Waals surface area contributed by atoms with Crippen molar-refractivity contribution in [1.82, 2.24) is 19.7 Å². The Kier molecular flexibility index (Phi) is 9.46. The van der Waals surface area contributed by atoms with Crippen molar-refractivity contribution < 1.29 is 29.6 Å². The molecule has 1 saturated heterocycles. The van der Waals surface area contributed by atoms with Gasteiger partial charge in [0.25, 0.3) is 0 Å². The van der Waals surface area contributed by atoms with E-state index in [-0.39, 0.29) is 6.61 Å². The molecule has 1 aliphatic heterocycles. The van der Waals surface area contributed by atoms with Crippen LogP contribution in [0.2, 0.25) is 5.02 Å². The lowest BCUT2D eigenvalue weighted by molar-refractivity contribution is -0.219. The molecule has 1 aromatic heterocycles. The van der Waals surface area contributed by atoms with E-state index >= 15 is 0 Å². The summed E-state index contributed by atoms with van der Waals surface area (Å²) in [6.45, 7) is 3.51. The van der Waals surface area contributed by atoms with E-state index < -0.39 is 43.1 Å². The average Bonchev–Trinajstić information content (AvgIpc) is 3.12. The van der Waals surface area contributed by atoms with Crippen LogP contribution >= 0.6 is 23.8 Å². The van der Waals surface area contributed by atoms with Gasteiger partial charge in [0.15, 0.2) is 16.8 Å². The van der Waals surface area contributed by atoms with Crippen LogP contribution < -0.4 is 10.1 Å². The van der Waals surface area contributed by atoms with Gasteiger partial charge in [0.05, 0.1) is 11.6 Å². The van der Waals surface area contributed by atoms with Crippen LogP contribution in [0.4, 0.5) is 0 Å². The summed E-state index contributed by atoms with van der Waals surface area (Å²) < 4.78 is 15.2. The molecule has 0 aliphatic carbocycles. The van der Waals surface area contributed by atoms with Crippen LogP contribution in [0.1, 0.15) is 45.2 Å². The number of nitrogens with one attached hydrogen (secondary N) is 1. The predicted molar refractivity (Wildman–Crippen MR) is 127 cm³/mol. The van der Waals surface area contributed by atoms with Crippen molar-refractivity contribution in [2.24, 2.45) is 0 Å². The number of hydrogen-bond donors (Lipinski definition) is 4. The highest BCUT2D eigenvalue weighted by Gasteiger charge is 2.46. The van der Waals surface area contributed by atoms with Gasteiger partial charge in [-0.25, -0.2) is 4.68 Å². The fourth-order valence-electron chi connectivity index (χ4n) is 3.87. The van der Waals surface area contributed by atoms with Crippen molar-refractivity contribution >= 4 is 29.7 Å². The second-order valence-electron chi connectivity index (χ2n) is 8.18. The molecule has 0 bridgehead atoms. The van der Waals surface area contributed by atoms with Gasteiger partial charge < -0.3 is 34.7 Å². The van der Waals surface area contributed by atoms with Crippen LogP contribution in [-0.4, -0.2) is 66.5 Å². The molecule has 1 aromatic carbocycles. The molecule has 1 amide bonds. The Hall–Kier alpha value is -2.02. The Labute approximate surface area is 208 Å². The number of amides is 1. The molecule has 3 rings (SSSR count). The molecule has 2 aromatic rings. The third kappa shape index (κ3) is 5.96. The summed E-state index contributed by atoms with van der Waals surface area (Å²) in [6, 6.07) is 6.03. The highest BCUT2D eigenvalue weighted by molar-refractivity contribution is 7.71. The number of nitrogens with zero attached hydrogens (tertiary/aromatic N) is 3. The first-order valence-corrected chi connectivity index (χ1v) is 12.0. The van der Waals surface area contributed by atoms with Crippen LogP contribution in [-0.2, 0) is 22.7 Å². The highest BCUT2D eigenvalue weighted by Crippen LogP contribution is 2.29. The quantitative estimate of drug-likeness (QED) is 0.279. The van der Waals surface area contributed by atoms with E-state index in [1.54, 1.807) is 18.2 Å². The van der Waals surface area contributed by atoms with Gasteiger partial charge in [-0.05, 0) is 30.8 Å². The largest absolute Gasteiger partial charge is 0.484 e. The fourth-order valence-corrected chi connectivity index (χ4v) is 4.41. The molecule has 5 atom stereocenters. The second-order valence-corrected chi connectivity index (χ2v) is 8.95. The number of halogens is 1. The zero-order valence-corrected chi connectivity index (χ0v) is 20.7. The van der Waals surface area contributed by atoms with Crippen molar-refractivity contribution in [3.63, 3.8) is 0 Å². The van der Waals surface area contributed by atoms with Gasteiger partial charge in [-0.15, -0.1) is 0 Å². The first-order chi connectivity index (χ1) is 16.3. The number of aromatic nitrogens is 3. The number of para-hydroxylation sites is 1. The fraction of sp³-hybridized carbons (Fsp3) is 0.591. The standard InChI is InChI=1S/C22H31ClN4O6S/c1-3-4-7-10-26-17(12-32-15-9-6-5-8-14(15)23)25-27(22(26)34)21-18(24-13(2)29)20(31)19(30)16(11-28)33-21/h5-6,8-9,16,18-21,28,30-31H,3-4,7,10-12H2,1-2H3,(H,24,29)/t16-,18-,19-,20-,21-/m1/s1. The van der Waals surface area contributed by atoms with Crippen LogP contribution in [0.5, 0.6) is 5.75 Å². The van der Waals surface area contributed by atoms with Crippen LogP contribution in [0.25, 0.3) is 0 Å². The molecule has 0 radical (unpaired) electrons. The Bertz CT molecular complexity index is 1030. The molecular formula is C22H31ClN4O6S. The Morgan fingerprint density at radius 3 is 2.68 bits per heavy atom.